The number of amides is 1. The zero-order valence-corrected chi connectivity index (χ0v) is 13.3. The predicted octanol–water partition coefficient (Wildman–Crippen LogP) is 3.05. The van der Waals surface area contributed by atoms with Gasteiger partial charge in [-0.2, -0.15) is 0 Å². The first-order valence-corrected chi connectivity index (χ1v) is 7.57. The maximum atomic E-state index is 12.1. The average molecular weight is 312 g/mol. The predicted molar refractivity (Wildman–Crippen MR) is 90.3 cm³/mol. The molecule has 0 spiro atoms. The molecule has 1 aliphatic rings. The molecule has 5 nitrogen and oxygen atoms in total. The van der Waals surface area contributed by atoms with Crippen molar-refractivity contribution in [2.24, 2.45) is 0 Å². The van der Waals surface area contributed by atoms with Crippen molar-refractivity contribution in [3.05, 3.63) is 48.0 Å². The lowest BCUT2D eigenvalue weighted by Crippen LogP contribution is -2.13. The lowest BCUT2D eigenvalue weighted by Gasteiger charge is -2.13. The van der Waals surface area contributed by atoms with Gasteiger partial charge in [0, 0.05) is 31.9 Å². The van der Waals surface area contributed by atoms with Gasteiger partial charge in [-0.05, 0) is 48.4 Å². The molecule has 1 amide bonds. The molecule has 0 saturated carbocycles. The van der Waals surface area contributed by atoms with Crippen LogP contribution in [-0.4, -0.2) is 26.8 Å². The van der Waals surface area contributed by atoms with Crippen molar-refractivity contribution in [2.75, 3.05) is 31.1 Å². The minimum atomic E-state index is 0.000250. The number of ether oxygens (including phenoxy) is 2. The van der Waals surface area contributed by atoms with Crippen LogP contribution in [0.2, 0.25) is 0 Å². The van der Waals surface area contributed by atoms with Crippen molar-refractivity contribution in [3.63, 3.8) is 0 Å². The third-order valence-corrected chi connectivity index (χ3v) is 3.75. The molecule has 0 bridgehead atoms. The highest BCUT2D eigenvalue weighted by Gasteiger charge is 2.13. The Morgan fingerprint density at radius 2 is 1.83 bits per heavy atom. The number of fused-ring (bicyclic) bond motifs is 1. The molecule has 2 aromatic rings. The average Bonchev–Trinajstić information content (AvgIpc) is 3.01. The number of rotatable bonds is 5. The fourth-order valence-corrected chi connectivity index (χ4v) is 2.42. The lowest BCUT2D eigenvalue weighted by molar-refractivity contribution is -0.116. The summed E-state index contributed by atoms with van der Waals surface area (Å²) in [4.78, 5) is 14.1. The Morgan fingerprint density at radius 1 is 1.09 bits per heavy atom. The molecular weight excluding hydrogens is 292 g/mol. The second kappa shape index (κ2) is 6.60. The van der Waals surface area contributed by atoms with E-state index < -0.39 is 0 Å². The molecule has 23 heavy (non-hydrogen) atoms. The number of hydrogen-bond donors (Lipinski definition) is 1. The maximum absolute atomic E-state index is 12.1. The first kappa shape index (κ1) is 15.2. The Labute approximate surface area is 135 Å². The highest BCUT2D eigenvalue weighted by atomic mass is 16.7. The minimum Gasteiger partial charge on any atom is -0.454 e. The number of carbonyl (C=O) groups is 1. The standard InChI is InChI=1S/C18H20N2O3/c1-20(2)15-7-5-14(6-8-15)19-18(21)10-4-13-3-9-16-17(11-13)23-12-22-16/h3,5-9,11H,4,10,12H2,1-2H3,(H,19,21). The third kappa shape index (κ3) is 3.74. The Bertz CT molecular complexity index is 696. The quantitative estimate of drug-likeness (QED) is 0.922. The van der Waals surface area contributed by atoms with Crippen LogP contribution in [-0.2, 0) is 11.2 Å². The molecule has 3 rings (SSSR count). The highest BCUT2D eigenvalue weighted by Crippen LogP contribution is 2.32. The number of nitrogens with one attached hydrogen (secondary N) is 1. The molecule has 0 radical (unpaired) electrons. The summed E-state index contributed by atoms with van der Waals surface area (Å²) in [6.07, 6.45) is 1.09. The Balaban J connectivity index is 1.53. The Morgan fingerprint density at radius 3 is 2.57 bits per heavy atom. The van der Waals surface area contributed by atoms with Gasteiger partial charge in [-0.1, -0.05) is 6.07 Å². The van der Waals surface area contributed by atoms with E-state index in [-0.39, 0.29) is 12.7 Å². The van der Waals surface area contributed by atoms with Gasteiger partial charge in [-0.15, -0.1) is 0 Å². The fourth-order valence-electron chi connectivity index (χ4n) is 2.42. The number of benzene rings is 2. The van der Waals surface area contributed by atoms with Crippen molar-refractivity contribution in [1.29, 1.82) is 0 Å². The molecule has 0 saturated heterocycles. The number of aryl methyl sites for hydroxylation is 1. The number of anilines is 2. The molecule has 1 heterocycles. The summed E-state index contributed by atoms with van der Waals surface area (Å²) in [5, 5.41) is 2.92. The van der Waals surface area contributed by atoms with Gasteiger partial charge in [0.25, 0.3) is 0 Å². The van der Waals surface area contributed by atoms with Gasteiger partial charge in [0.15, 0.2) is 11.5 Å². The Kier molecular flexibility index (Phi) is 4.37. The molecule has 5 heteroatoms. The van der Waals surface area contributed by atoms with E-state index >= 15 is 0 Å². The third-order valence-electron chi connectivity index (χ3n) is 3.75. The molecule has 120 valence electrons. The summed E-state index contributed by atoms with van der Waals surface area (Å²) >= 11 is 0. The van der Waals surface area contributed by atoms with E-state index in [0.717, 1.165) is 28.4 Å². The first-order valence-electron chi connectivity index (χ1n) is 7.57. The van der Waals surface area contributed by atoms with Gasteiger partial charge >= 0.3 is 0 Å². The molecule has 1 aliphatic heterocycles. The first-order chi connectivity index (χ1) is 11.1. The van der Waals surface area contributed by atoms with Gasteiger partial charge in [-0.25, -0.2) is 0 Å². The monoisotopic (exact) mass is 312 g/mol. The van der Waals surface area contributed by atoms with Gasteiger partial charge in [0.05, 0.1) is 0 Å². The van der Waals surface area contributed by atoms with Crippen molar-refractivity contribution >= 4 is 17.3 Å². The molecule has 2 aromatic carbocycles. The van der Waals surface area contributed by atoms with E-state index in [0.29, 0.717) is 12.8 Å². The van der Waals surface area contributed by atoms with Gasteiger partial charge in [0.2, 0.25) is 12.7 Å². The highest BCUT2D eigenvalue weighted by molar-refractivity contribution is 5.91. The number of hydrogen-bond acceptors (Lipinski definition) is 4. The molecule has 0 fully saturated rings. The van der Waals surface area contributed by atoms with Crippen molar-refractivity contribution < 1.29 is 14.3 Å². The second-order valence-electron chi connectivity index (χ2n) is 5.68. The van der Waals surface area contributed by atoms with Crippen LogP contribution >= 0.6 is 0 Å². The molecule has 0 aliphatic carbocycles. The van der Waals surface area contributed by atoms with Crippen LogP contribution in [0.25, 0.3) is 0 Å². The summed E-state index contributed by atoms with van der Waals surface area (Å²) in [6.45, 7) is 0.266. The van der Waals surface area contributed by atoms with Crippen LogP contribution in [0.15, 0.2) is 42.5 Å². The Hall–Kier alpha value is -2.69. The molecule has 0 aromatic heterocycles. The minimum absolute atomic E-state index is 0.000250. The topological polar surface area (TPSA) is 50.8 Å². The van der Waals surface area contributed by atoms with Crippen molar-refractivity contribution in [1.82, 2.24) is 0 Å². The van der Waals surface area contributed by atoms with Crippen LogP contribution < -0.4 is 19.7 Å². The number of carbonyl (C=O) groups excluding carboxylic acids is 1. The van der Waals surface area contributed by atoms with Crippen molar-refractivity contribution in [3.8, 4) is 11.5 Å². The summed E-state index contributed by atoms with van der Waals surface area (Å²) in [7, 11) is 3.97. The van der Waals surface area contributed by atoms with Gasteiger partial charge < -0.3 is 19.7 Å². The fraction of sp³-hybridized carbons (Fsp3) is 0.278. The lowest BCUT2D eigenvalue weighted by atomic mass is 10.1. The van der Waals surface area contributed by atoms with E-state index in [2.05, 4.69) is 5.32 Å². The summed E-state index contributed by atoms with van der Waals surface area (Å²) in [6, 6.07) is 13.6. The molecule has 0 unspecified atom stereocenters. The number of nitrogens with zero attached hydrogens (tertiary/aromatic N) is 1. The second-order valence-corrected chi connectivity index (χ2v) is 5.68. The van der Waals surface area contributed by atoms with E-state index in [1.54, 1.807) is 0 Å². The normalized spacial score (nSPS) is 12.1. The SMILES string of the molecule is CN(C)c1ccc(NC(=O)CCc2ccc3c(c2)OCO3)cc1. The van der Waals surface area contributed by atoms with E-state index in [1.165, 1.54) is 0 Å². The zero-order valence-electron chi connectivity index (χ0n) is 13.3. The van der Waals surface area contributed by atoms with E-state index in [4.69, 9.17) is 9.47 Å². The molecule has 0 atom stereocenters. The summed E-state index contributed by atoms with van der Waals surface area (Å²) < 4.78 is 10.6. The smallest absolute Gasteiger partial charge is 0.231 e. The van der Waals surface area contributed by atoms with Gasteiger partial charge in [-0.3, -0.25) is 4.79 Å². The van der Waals surface area contributed by atoms with Crippen LogP contribution in [0.5, 0.6) is 11.5 Å². The van der Waals surface area contributed by atoms with Crippen LogP contribution in [0.1, 0.15) is 12.0 Å². The maximum Gasteiger partial charge on any atom is 0.231 e. The van der Waals surface area contributed by atoms with E-state index in [9.17, 15) is 4.79 Å². The van der Waals surface area contributed by atoms with Crippen LogP contribution in [0.3, 0.4) is 0 Å². The van der Waals surface area contributed by atoms with Crippen molar-refractivity contribution in [2.45, 2.75) is 12.8 Å². The largest absolute Gasteiger partial charge is 0.454 e. The van der Waals surface area contributed by atoms with E-state index in [1.807, 2.05) is 61.5 Å². The van der Waals surface area contributed by atoms with Crippen LogP contribution in [0, 0.1) is 0 Å². The zero-order chi connectivity index (χ0) is 16.2. The molecular formula is C18H20N2O3. The summed E-state index contributed by atoms with van der Waals surface area (Å²) in [5.74, 6) is 1.52. The molecule has 1 N–H and O–H groups in total. The summed E-state index contributed by atoms with van der Waals surface area (Å²) in [5.41, 5.74) is 2.97. The van der Waals surface area contributed by atoms with Crippen LogP contribution in [0.4, 0.5) is 11.4 Å². The van der Waals surface area contributed by atoms with Gasteiger partial charge in [0.1, 0.15) is 0 Å².